The Kier molecular flexibility index (Phi) is 7.39. The first-order chi connectivity index (χ1) is 14.7. The Hall–Kier alpha value is -1.10. The first-order valence-electron chi connectivity index (χ1n) is 12.6. The summed E-state index contributed by atoms with van der Waals surface area (Å²) in [5.74, 6) is 1.56. The summed E-state index contributed by atoms with van der Waals surface area (Å²) in [5.41, 5.74) is 1.94. The van der Waals surface area contributed by atoms with Crippen LogP contribution in [0.25, 0.3) is 0 Å². The molecule has 0 saturated heterocycles. The molecule has 1 saturated carbocycles. The van der Waals surface area contributed by atoms with Crippen molar-refractivity contribution >= 4 is 0 Å². The standard InChI is InChI=1S/C28H47NO3/c1-10-29(18-20-11-12-20)24-19(2)28(8,9)23-17-21(30)13-14-22(23)25(24)32-27(6,7)15-16-31-26(3,4)5/h13-14,17,19-20,24-25,30H,10-12,15-16,18H2,1-9H3/t19-,24-,25+/m0/s1. The van der Waals surface area contributed by atoms with Crippen LogP contribution in [0.15, 0.2) is 18.2 Å². The molecule has 1 fully saturated rings. The highest BCUT2D eigenvalue weighted by Crippen LogP contribution is 2.51. The fourth-order valence-electron chi connectivity index (χ4n) is 5.21. The number of hydrogen-bond acceptors (Lipinski definition) is 4. The van der Waals surface area contributed by atoms with Gasteiger partial charge in [-0.2, -0.15) is 0 Å². The van der Waals surface area contributed by atoms with Gasteiger partial charge in [0.25, 0.3) is 0 Å². The molecule has 0 aliphatic heterocycles. The highest BCUT2D eigenvalue weighted by Gasteiger charge is 2.49. The third-order valence-electron chi connectivity index (χ3n) is 7.70. The van der Waals surface area contributed by atoms with Crippen LogP contribution in [0, 0.1) is 11.8 Å². The fourth-order valence-corrected chi connectivity index (χ4v) is 5.21. The van der Waals surface area contributed by atoms with E-state index in [4.69, 9.17) is 9.47 Å². The van der Waals surface area contributed by atoms with E-state index in [1.807, 2.05) is 12.1 Å². The molecule has 1 aromatic rings. The summed E-state index contributed by atoms with van der Waals surface area (Å²) in [7, 11) is 0. The minimum atomic E-state index is -0.316. The Labute approximate surface area is 196 Å². The van der Waals surface area contributed by atoms with Gasteiger partial charge in [-0.05, 0) is 101 Å². The molecule has 182 valence electrons. The largest absolute Gasteiger partial charge is 0.508 e. The number of nitrogens with zero attached hydrogens (tertiary/aromatic N) is 1. The molecule has 0 amide bonds. The molecular weight excluding hydrogens is 398 g/mol. The molecule has 0 heterocycles. The lowest BCUT2D eigenvalue weighted by atomic mass is 9.62. The van der Waals surface area contributed by atoms with Gasteiger partial charge in [0, 0.05) is 19.2 Å². The van der Waals surface area contributed by atoms with Crippen molar-refractivity contribution in [3.63, 3.8) is 0 Å². The van der Waals surface area contributed by atoms with Crippen LogP contribution in [0.5, 0.6) is 5.75 Å². The van der Waals surface area contributed by atoms with Gasteiger partial charge in [-0.25, -0.2) is 0 Å². The van der Waals surface area contributed by atoms with Crippen molar-refractivity contribution < 1.29 is 14.6 Å². The van der Waals surface area contributed by atoms with Crippen molar-refractivity contribution in [1.82, 2.24) is 4.90 Å². The summed E-state index contributed by atoms with van der Waals surface area (Å²) in [5, 5.41) is 10.3. The van der Waals surface area contributed by atoms with Crippen molar-refractivity contribution in [2.24, 2.45) is 11.8 Å². The van der Waals surface area contributed by atoms with E-state index in [1.54, 1.807) is 0 Å². The second-order valence-corrected chi connectivity index (χ2v) is 12.3. The predicted octanol–water partition coefficient (Wildman–Crippen LogP) is 6.46. The van der Waals surface area contributed by atoms with Gasteiger partial charge in [0.15, 0.2) is 0 Å². The molecule has 0 radical (unpaired) electrons. The van der Waals surface area contributed by atoms with E-state index in [-0.39, 0.29) is 22.7 Å². The Bertz CT molecular complexity index is 775. The topological polar surface area (TPSA) is 41.9 Å². The zero-order valence-corrected chi connectivity index (χ0v) is 22.0. The molecule has 0 aromatic heterocycles. The van der Waals surface area contributed by atoms with Gasteiger partial charge in [-0.1, -0.05) is 33.8 Å². The quantitative estimate of drug-likeness (QED) is 0.473. The highest BCUT2D eigenvalue weighted by molar-refractivity contribution is 5.44. The van der Waals surface area contributed by atoms with Gasteiger partial charge in [-0.15, -0.1) is 0 Å². The Morgan fingerprint density at radius 2 is 1.78 bits per heavy atom. The summed E-state index contributed by atoms with van der Waals surface area (Å²) in [4.78, 5) is 2.67. The third kappa shape index (κ3) is 5.87. The summed E-state index contributed by atoms with van der Waals surface area (Å²) < 4.78 is 13.0. The van der Waals surface area contributed by atoms with Crippen molar-refractivity contribution in [2.45, 2.75) is 110 Å². The van der Waals surface area contributed by atoms with E-state index in [0.717, 1.165) is 25.4 Å². The summed E-state index contributed by atoms with van der Waals surface area (Å²) in [6.07, 6.45) is 3.52. The first-order valence-corrected chi connectivity index (χ1v) is 12.6. The molecule has 0 bridgehead atoms. The van der Waals surface area contributed by atoms with Gasteiger partial charge in [0.05, 0.1) is 17.3 Å². The highest BCUT2D eigenvalue weighted by atomic mass is 16.5. The van der Waals surface area contributed by atoms with Crippen LogP contribution in [0.1, 0.15) is 98.8 Å². The van der Waals surface area contributed by atoms with Crippen molar-refractivity contribution in [2.75, 3.05) is 19.7 Å². The average molecular weight is 446 g/mol. The van der Waals surface area contributed by atoms with Crippen LogP contribution in [0.4, 0.5) is 0 Å². The van der Waals surface area contributed by atoms with Gasteiger partial charge in [0.1, 0.15) is 5.75 Å². The molecule has 2 aliphatic rings. The first kappa shape index (κ1) is 25.5. The van der Waals surface area contributed by atoms with Crippen LogP contribution in [-0.4, -0.2) is 46.9 Å². The average Bonchev–Trinajstić information content (AvgIpc) is 3.48. The van der Waals surface area contributed by atoms with E-state index in [0.29, 0.717) is 24.3 Å². The van der Waals surface area contributed by atoms with Gasteiger partial charge in [-0.3, -0.25) is 4.90 Å². The molecule has 0 spiro atoms. The number of ether oxygens (including phenoxy) is 2. The van der Waals surface area contributed by atoms with E-state index >= 15 is 0 Å². The van der Waals surface area contributed by atoms with E-state index in [9.17, 15) is 5.11 Å². The number of hydrogen-bond donors (Lipinski definition) is 1. The second kappa shape index (κ2) is 9.27. The normalized spacial score (nSPS) is 25.8. The minimum absolute atomic E-state index is 0.0306. The Morgan fingerprint density at radius 1 is 1.12 bits per heavy atom. The zero-order valence-electron chi connectivity index (χ0n) is 22.0. The van der Waals surface area contributed by atoms with E-state index < -0.39 is 0 Å². The maximum Gasteiger partial charge on any atom is 0.115 e. The monoisotopic (exact) mass is 445 g/mol. The number of likely N-dealkylation sites (N-methyl/N-ethyl adjacent to an activating group) is 1. The van der Waals surface area contributed by atoms with Crippen LogP contribution >= 0.6 is 0 Å². The van der Waals surface area contributed by atoms with Gasteiger partial charge in [0.2, 0.25) is 0 Å². The van der Waals surface area contributed by atoms with Crippen LogP contribution in [-0.2, 0) is 14.9 Å². The molecule has 1 aromatic carbocycles. The Balaban J connectivity index is 1.95. The molecule has 3 rings (SSSR count). The smallest absolute Gasteiger partial charge is 0.115 e. The van der Waals surface area contributed by atoms with Crippen molar-refractivity contribution in [3.05, 3.63) is 29.3 Å². The van der Waals surface area contributed by atoms with Gasteiger partial charge >= 0.3 is 0 Å². The lowest BCUT2D eigenvalue weighted by Crippen LogP contribution is -2.55. The number of phenolic OH excluding ortho intramolecular Hbond substituents is 1. The Morgan fingerprint density at radius 3 is 2.34 bits per heavy atom. The zero-order chi connectivity index (χ0) is 23.9. The summed E-state index contributed by atoms with van der Waals surface area (Å²) >= 11 is 0. The van der Waals surface area contributed by atoms with Crippen molar-refractivity contribution in [1.29, 1.82) is 0 Å². The van der Waals surface area contributed by atoms with E-state index in [1.165, 1.54) is 24.0 Å². The van der Waals surface area contributed by atoms with Crippen molar-refractivity contribution in [3.8, 4) is 5.75 Å². The predicted molar refractivity (Wildman–Crippen MR) is 132 cm³/mol. The minimum Gasteiger partial charge on any atom is -0.508 e. The molecule has 4 nitrogen and oxygen atoms in total. The van der Waals surface area contributed by atoms with Crippen LogP contribution in [0.3, 0.4) is 0 Å². The summed E-state index contributed by atoms with van der Waals surface area (Å²) in [6.45, 7) is 22.9. The maximum absolute atomic E-state index is 10.3. The number of fused-ring (bicyclic) bond motifs is 1. The van der Waals surface area contributed by atoms with Crippen LogP contribution in [0.2, 0.25) is 0 Å². The number of aromatic hydroxyl groups is 1. The lowest BCUT2D eigenvalue weighted by molar-refractivity contribution is -0.143. The fraction of sp³-hybridized carbons (Fsp3) is 0.786. The molecular formula is C28H47NO3. The van der Waals surface area contributed by atoms with Gasteiger partial charge < -0.3 is 14.6 Å². The number of benzene rings is 1. The van der Waals surface area contributed by atoms with Crippen LogP contribution < -0.4 is 0 Å². The number of phenols is 1. The second-order valence-electron chi connectivity index (χ2n) is 12.3. The maximum atomic E-state index is 10.3. The summed E-state index contributed by atoms with van der Waals surface area (Å²) in [6, 6.07) is 6.19. The van der Waals surface area contributed by atoms with E-state index in [2.05, 4.69) is 73.3 Å². The third-order valence-corrected chi connectivity index (χ3v) is 7.70. The molecule has 32 heavy (non-hydrogen) atoms. The SMILES string of the molecule is CCN(CC1CC1)[C@@H]1[C@H](OC(C)(C)CCOC(C)(C)C)c2ccc(O)cc2C(C)(C)[C@H]1C. The number of rotatable bonds is 9. The lowest BCUT2D eigenvalue weighted by Gasteiger charge is -2.53. The molecule has 0 unspecified atom stereocenters. The molecule has 1 N–H and O–H groups in total. The molecule has 4 heteroatoms. The molecule has 3 atom stereocenters. The molecule has 2 aliphatic carbocycles.